The number of amides is 1. The van der Waals surface area contributed by atoms with Gasteiger partial charge in [-0.1, -0.05) is 41.4 Å². The van der Waals surface area contributed by atoms with Gasteiger partial charge in [-0.15, -0.1) is 0 Å². The van der Waals surface area contributed by atoms with E-state index in [9.17, 15) is 4.79 Å². The molecular formula is C14H12BCl2NO3. The minimum atomic E-state index is -1.66. The number of hydrogen-bond donors (Lipinski definition) is 3. The first kappa shape index (κ1) is 15.9. The molecule has 1 amide bonds. The Balaban J connectivity index is 2.03. The van der Waals surface area contributed by atoms with E-state index in [-0.39, 0.29) is 16.4 Å². The molecule has 0 radical (unpaired) electrons. The molecule has 0 aromatic heterocycles. The van der Waals surface area contributed by atoms with Gasteiger partial charge < -0.3 is 15.4 Å². The minimum absolute atomic E-state index is 0.129. The Kier molecular flexibility index (Phi) is 5.25. The molecule has 0 aliphatic rings. The summed E-state index contributed by atoms with van der Waals surface area (Å²) in [4.78, 5) is 12.0. The molecule has 0 unspecified atom stereocenters. The van der Waals surface area contributed by atoms with Crippen LogP contribution < -0.4 is 10.8 Å². The van der Waals surface area contributed by atoms with Crippen molar-refractivity contribution in [2.24, 2.45) is 0 Å². The van der Waals surface area contributed by atoms with E-state index >= 15 is 0 Å². The topological polar surface area (TPSA) is 69.6 Å². The smallest absolute Gasteiger partial charge is 0.423 e. The van der Waals surface area contributed by atoms with E-state index in [0.29, 0.717) is 17.1 Å². The van der Waals surface area contributed by atoms with Gasteiger partial charge in [0, 0.05) is 27.6 Å². The third-order valence-electron chi connectivity index (χ3n) is 2.91. The number of hydrogen-bond acceptors (Lipinski definition) is 3. The average Bonchev–Trinajstić information content (AvgIpc) is 2.45. The summed E-state index contributed by atoms with van der Waals surface area (Å²) in [6.07, 6.45) is 0. The van der Waals surface area contributed by atoms with Crippen LogP contribution >= 0.6 is 23.2 Å². The van der Waals surface area contributed by atoms with Gasteiger partial charge in [0.1, 0.15) is 0 Å². The molecule has 108 valence electrons. The van der Waals surface area contributed by atoms with Crippen LogP contribution in [0.2, 0.25) is 10.0 Å². The standard InChI is InChI=1S/C14H12BCl2NO3/c16-11-4-1-9(2-5-11)8-18-14(19)10-3-6-12(15(20)21)13(17)7-10/h1-7,20-21H,8H2,(H,18,19). The molecule has 21 heavy (non-hydrogen) atoms. The zero-order valence-corrected chi connectivity index (χ0v) is 12.4. The summed E-state index contributed by atoms with van der Waals surface area (Å²) in [5.41, 5.74) is 1.42. The van der Waals surface area contributed by atoms with E-state index in [2.05, 4.69) is 5.32 Å². The lowest BCUT2D eigenvalue weighted by molar-refractivity contribution is 0.0951. The summed E-state index contributed by atoms with van der Waals surface area (Å²) in [5, 5.41) is 21.6. The predicted octanol–water partition coefficient (Wildman–Crippen LogP) is 1.60. The quantitative estimate of drug-likeness (QED) is 0.749. The molecule has 3 N–H and O–H groups in total. The third-order valence-corrected chi connectivity index (χ3v) is 3.49. The predicted molar refractivity (Wildman–Crippen MR) is 83.9 cm³/mol. The van der Waals surface area contributed by atoms with Crippen molar-refractivity contribution >= 4 is 41.7 Å². The van der Waals surface area contributed by atoms with E-state index in [0.717, 1.165) is 5.56 Å². The van der Waals surface area contributed by atoms with Crippen LogP contribution in [-0.2, 0) is 6.54 Å². The van der Waals surface area contributed by atoms with Crippen molar-refractivity contribution in [3.63, 3.8) is 0 Å². The molecule has 4 nitrogen and oxygen atoms in total. The van der Waals surface area contributed by atoms with Crippen molar-refractivity contribution in [2.45, 2.75) is 6.54 Å². The van der Waals surface area contributed by atoms with Crippen LogP contribution in [0.5, 0.6) is 0 Å². The molecule has 0 saturated carbocycles. The van der Waals surface area contributed by atoms with Crippen molar-refractivity contribution in [1.29, 1.82) is 0 Å². The maximum absolute atomic E-state index is 12.0. The highest BCUT2D eigenvalue weighted by atomic mass is 35.5. The van der Waals surface area contributed by atoms with Crippen LogP contribution in [-0.4, -0.2) is 23.1 Å². The maximum atomic E-state index is 12.0. The third kappa shape index (κ3) is 4.22. The van der Waals surface area contributed by atoms with E-state index in [1.807, 2.05) is 12.1 Å². The van der Waals surface area contributed by atoms with Gasteiger partial charge in [0.05, 0.1) is 0 Å². The number of carbonyl (C=O) groups is 1. The number of carbonyl (C=O) groups excluding carboxylic acids is 1. The fourth-order valence-electron chi connectivity index (χ4n) is 1.76. The van der Waals surface area contributed by atoms with E-state index in [1.165, 1.54) is 18.2 Å². The van der Waals surface area contributed by atoms with E-state index in [4.69, 9.17) is 33.2 Å². The summed E-state index contributed by atoms with van der Waals surface area (Å²) in [6.45, 7) is 0.359. The van der Waals surface area contributed by atoms with Gasteiger partial charge in [0.25, 0.3) is 5.91 Å². The van der Waals surface area contributed by atoms with Gasteiger partial charge in [0.2, 0.25) is 0 Å². The maximum Gasteiger partial charge on any atom is 0.489 e. The summed E-state index contributed by atoms with van der Waals surface area (Å²) < 4.78 is 0. The first-order valence-corrected chi connectivity index (χ1v) is 6.91. The van der Waals surface area contributed by atoms with Crippen LogP contribution in [0.1, 0.15) is 15.9 Å². The Morgan fingerprint density at radius 1 is 1.10 bits per heavy atom. The van der Waals surface area contributed by atoms with Gasteiger partial charge in [-0.2, -0.15) is 0 Å². The summed E-state index contributed by atoms with van der Waals surface area (Å²) in [7, 11) is -1.66. The largest absolute Gasteiger partial charge is 0.489 e. The Bertz CT molecular complexity index is 647. The SMILES string of the molecule is O=C(NCc1ccc(Cl)cc1)c1ccc(B(O)O)c(Cl)c1. The highest BCUT2D eigenvalue weighted by Gasteiger charge is 2.16. The second kappa shape index (κ2) is 6.96. The van der Waals surface area contributed by atoms with Crippen molar-refractivity contribution < 1.29 is 14.8 Å². The number of rotatable bonds is 4. The number of nitrogens with one attached hydrogen (secondary N) is 1. The fraction of sp³-hybridized carbons (Fsp3) is 0.0714. The Labute approximate surface area is 132 Å². The van der Waals surface area contributed by atoms with Crippen LogP contribution in [0.15, 0.2) is 42.5 Å². The highest BCUT2D eigenvalue weighted by molar-refractivity contribution is 6.62. The van der Waals surface area contributed by atoms with Crippen molar-refractivity contribution in [3.8, 4) is 0 Å². The second-order valence-electron chi connectivity index (χ2n) is 4.42. The molecule has 0 aliphatic heterocycles. The van der Waals surface area contributed by atoms with Crippen LogP contribution in [0, 0.1) is 0 Å². The molecule has 0 heterocycles. The molecule has 0 aliphatic carbocycles. The molecule has 7 heteroatoms. The molecule has 0 bridgehead atoms. The minimum Gasteiger partial charge on any atom is -0.423 e. The molecule has 0 saturated heterocycles. The molecule has 2 aromatic carbocycles. The first-order valence-electron chi connectivity index (χ1n) is 6.15. The highest BCUT2D eigenvalue weighted by Crippen LogP contribution is 2.11. The summed E-state index contributed by atoms with van der Waals surface area (Å²) >= 11 is 11.7. The average molecular weight is 324 g/mol. The first-order chi connectivity index (χ1) is 9.97. The summed E-state index contributed by atoms with van der Waals surface area (Å²) in [6, 6.07) is 11.4. The fourth-order valence-corrected chi connectivity index (χ4v) is 2.17. The van der Waals surface area contributed by atoms with E-state index in [1.54, 1.807) is 12.1 Å². The number of halogens is 2. The Morgan fingerprint density at radius 2 is 1.76 bits per heavy atom. The molecular weight excluding hydrogens is 312 g/mol. The van der Waals surface area contributed by atoms with Gasteiger partial charge in [-0.05, 0) is 29.8 Å². The Hall–Kier alpha value is -1.53. The second-order valence-corrected chi connectivity index (χ2v) is 5.26. The number of benzene rings is 2. The van der Waals surface area contributed by atoms with Gasteiger partial charge >= 0.3 is 7.12 Å². The zero-order chi connectivity index (χ0) is 15.4. The van der Waals surface area contributed by atoms with Crippen LogP contribution in [0.4, 0.5) is 0 Å². The molecule has 2 rings (SSSR count). The lowest BCUT2D eigenvalue weighted by atomic mass is 9.80. The normalized spacial score (nSPS) is 10.3. The van der Waals surface area contributed by atoms with Crippen molar-refractivity contribution in [3.05, 3.63) is 63.6 Å². The molecule has 0 spiro atoms. The van der Waals surface area contributed by atoms with Gasteiger partial charge in [-0.25, -0.2) is 0 Å². The lowest BCUT2D eigenvalue weighted by Crippen LogP contribution is -2.31. The lowest BCUT2D eigenvalue weighted by Gasteiger charge is -2.08. The van der Waals surface area contributed by atoms with Crippen LogP contribution in [0.3, 0.4) is 0 Å². The molecule has 0 atom stereocenters. The zero-order valence-electron chi connectivity index (χ0n) is 10.9. The van der Waals surface area contributed by atoms with Gasteiger partial charge in [0.15, 0.2) is 0 Å². The van der Waals surface area contributed by atoms with Crippen molar-refractivity contribution in [1.82, 2.24) is 5.32 Å². The van der Waals surface area contributed by atoms with E-state index < -0.39 is 7.12 Å². The molecule has 0 fully saturated rings. The van der Waals surface area contributed by atoms with Crippen molar-refractivity contribution in [2.75, 3.05) is 0 Å². The van der Waals surface area contributed by atoms with Gasteiger partial charge in [-0.3, -0.25) is 4.79 Å². The monoisotopic (exact) mass is 323 g/mol. The Morgan fingerprint density at radius 3 is 2.33 bits per heavy atom. The summed E-state index contributed by atoms with van der Waals surface area (Å²) in [5.74, 6) is -0.300. The molecule has 2 aromatic rings. The van der Waals surface area contributed by atoms with Crippen LogP contribution in [0.25, 0.3) is 0 Å².